The summed E-state index contributed by atoms with van der Waals surface area (Å²) < 4.78 is 5.58. The van der Waals surface area contributed by atoms with Crippen molar-refractivity contribution in [3.63, 3.8) is 0 Å². The van der Waals surface area contributed by atoms with Crippen LogP contribution >= 0.6 is 15.9 Å². The number of esters is 1. The van der Waals surface area contributed by atoms with Crippen LogP contribution in [0.25, 0.3) is 0 Å². The van der Waals surface area contributed by atoms with E-state index in [1.165, 1.54) is 0 Å². The predicted octanol–water partition coefficient (Wildman–Crippen LogP) is 1.71. The second-order valence-corrected chi connectivity index (χ2v) is 4.41. The highest BCUT2D eigenvalue weighted by atomic mass is 79.9. The van der Waals surface area contributed by atoms with E-state index >= 15 is 0 Å². The number of halogens is 1. The standard InChI is InChI=1S/C12H15BrN2O3/c1-15-10(16)6-3-7-18-12(17)8-4-2-5-9(14)11(8)13/h2,4-5H,3,6-7,14H2,1H3,(H,15,16). The van der Waals surface area contributed by atoms with Gasteiger partial charge in [0.25, 0.3) is 0 Å². The van der Waals surface area contributed by atoms with Crippen molar-refractivity contribution >= 4 is 33.5 Å². The summed E-state index contributed by atoms with van der Waals surface area (Å²) in [7, 11) is 1.57. The zero-order valence-corrected chi connectivity index (χ0v) is 11.6. The molecule has 0 unspecified atom stereocenters. The minimum absolute atomic E-state index is 0.0730. The minimum atomic E-state index is -0.453. The summed E-state index contributed by atoms with van der Waals surface area (Å²) in [5, 5.41) is 2.50. The molecule has 1 aromatic rings. The zero-order chi connectivity index (χ0) is 13.5. The maximum absolute atomic E-state index is 11.7. The first-order chi connectivity index (χ1) is 8.56. The topological polar surface area (TPSA) is 81.4 Å². The summed E-state index contributed by atoms with van der Waals surface area (Å²) in [6.45, 7) is 0.202. The van der Waals surface area contributed by atoms with Gasteiger partial charge in [-0.3, -0.25) is 4.79 Å². The van der Waals surface area contributed by atoms with E-state index in [2.05, 4.69) is 21.2 Å². The Labute approximate surface area is 114 Å². The Morgan fingerprint density at radius 2 is 2.17 bits per heavy atom. The highest BCUT2D eigenvalue weighted by Gasteiger charge is 2.13. The smallest absolute Gasteiger partial charge is 0.339 e. The summed E-state index contributed by atoms with van der Waals surface area (Å²) in [5.41, 5.74) is 6.53. The average molecular weight is 315 g/mol. The van der Waals surface area contributed by atoms with E-state index in [0.717, 1.165) is 0 Å². The molecule has 6 heteroatoms. The first-order valence-electron chi connectivity index (χ1n) is 5.48. The molecule has 0 aliphatic rings. The lowest BCUT2D eigenvalue weighted by Gasteiger charge is -2.07. The van der Waals surface area contributed by atoms with Crippen LogP contribution in [0.4, 0.5) is 5.69 Å². The molecule has 98 valence electrons. The van der Waals surface area contributed by atoms with E-state index in [-0.39, 0.29) is 12.5 Å². The van der Waals surface area contributed by atoms with Gasteiger partial charge >= 0.3 is 5.97 Å². The third-order valence-electron chi connectivity index (χ3n) is 2.31. The number of amides is 1. The van der Waals surface area contributed by atoms with Crippen LogP contribution in [0.15, 0.2) is 22.7 Å². The largest absolute Gasteiger partial charge is 0.462 e. The van der Waals surface area contributed by atoms with E-state index in [1.807, 2.05) is 0 Å². The monoisotopic (exact) mass is 314 g/mol. The van der Waals surface area contributed by atoms with E-state index in [9.17, 15) is 9.59 Å². The molecule has 0 aromatic heterocycles. The molecule has 3 N–H and O–H groups in total. The molecule has 0 aliphatic carbocycles. The molecule has 0 saturated carbocycles. The van der Waals surface area contributed by atoms with Crippen LogP contribution in [0, 0.1) is 0 Å². The molecule has 0 heterocycles. The second kappa shape index (κ2) is 7.00. The molecule has 0 saturated heterocycles. The molecule has 0 bridgehead atoms. The molecule has 0 atom stereocenters. The molecular weight excluding hydrogens is 300 g/mol. The van der Waals surface area contributed by atoms with Crippen molar-refractivity contribution in [1.82, 2.24) is 5.32 Å². The fraction of sp³-hybridized carbons (Fsp3) is 0.333. The molecule has 1 rings (SSSR count). The van der Waals surface area contributed by atoms with Gasteiger partial charge in [0.05, 0.1) is 16.6 Å². The summed E-state index contributed by atoms with van der Waals surface area (Å²) in [5.74, 6) is -0.526. The van der Waals surface area contributed by atoms with Gasteiger partial charge in [0, 0.05) is 19.2 Å². The van der Waals surface area contributed by atoms with Crippen LogP contribution in [-0.2, 0) is 9.53 Å². The third-order valence-corrected chi connectivity index (χ3v) is 3.19. The number of nitrogens with two attached hydrogens (primary N) is 1. The van der Waals surface area contributed by atoms with Crippen LogP contribution in [0.2, 0.25) is 0 Å². The van der Waals surface area contributed by atoms with Gasteiger partial charge in [-0.05, 0) is 34.5 Å². The van der Waals surface area contributed by atoms with E-state index in [1.54, 1.807) is 25.2 Å². The van der Waals surface area contributed by atoms with E-state index in [0.29, 0.717) is 28.6 Å². The zero-order valence-electron chi connectivity index (χ0n) is 10.0. The highest BCUT2D eigenvalue weighted by molar-refractivity contribution is 9.10. The third kappa shape index (κ3) is 4.03. The Kier molecular flexibility index (Phi) is 5.64. The summed E-state index contributed by atoms with van der Waals surface area (Å²) in [6, 6.07) is 5.00. The normalized spacial score (nSPS) is 9.89. The van der Waals surface area contributed by atoms with Crippen molar-refractivity contribution < 1.29 is 14.3 Å². The lowest BCUT2D eigenvalue weighted by molar-refractivity contribution is -0.120. The highest BCUT2D eigenvalue weighted by Crippen LogP contribution is 2.24. The van der Waals surface area contributed by atoms with Gasteiger partial charge in [0.2, 0.25) is 5.91 Å². The molecule has 1 aromatic carbocycles. The molecule has 1 amide bonds. The van der Waals surface area contributed by atoms with Gasteiger partial charge < -0.3 is 15.8 Å². The number of anilines is 1. The SMILES string of the molecule is CNC(=O)CCCOC(=O)c1cccc(N)c1Br. The van der Waals surface area contributed by atoms with Gasteiger partial charge in [0.1, 0.15) is 0 Å². The van der Waals surface area contributed by atoms with Crippen LogP contribution in [0.1, 0.15) is 23.2 Å². The molecule has 0 radical (unpaired) electrons. The lowest BCUT2D eigenvalue weighted by atomic mass is 10.2. The van der Waals surface area contributed by atoms with Crippen LogP contribution in [0.3, 0.4) is 0 Å². The molecular formula is C12H15BrN2O3. The van der Waals surface area contributed by atoms with Gasteiger partial charge in [-0.15, -0.1) is 0 Å². The van der Waals surface area contributed by atoms with Crippen molar-refractivity contribution in [2.75, 3.05) is 19.4 Å². The fourth-order valence-electron chi connectivity index (χ4n) is 1.31. The number of carbonyl (C=O) groups is 2. The Morgan fingerprint density at radius 3 is 2.83 bits per heavy atom. The molecule has 18 heavy (non-hydrogen) atoms. The van der Waals surface area contributed by atoms with Crippen molar-refractivity contribution in [3.8, 4) is 0 Å². The number of benzene rings is 1. The van der Waals surface area contributed by atoms with Crippen molar-refractivity contribution in [2.45, 2.75) is 12.8 Å². The number of carbonyl (C=O) groups excluding carboxylic acids is 2. The van der Waals surface area contributed by atoms with Gasteiger partial charge in [0.15, 0.2) is 0 Å². The number of rotatable bonds is 5. The first-order valence-corrected chi connectivity index (χ1v) is 6.27. The lowest BCUT2D eigenvalue weighted by Crippen LogP contribution is -2.18. The van der Waals surface area contributed by atoms with Crippen LogP contribution in [0.5, 0.6) is 0 Å². The average Bonchev–Trinajstić information content (AvgIpc) is 2.37. The minimum Gasteiger partial charge on any atom is -0.462 e. The number of hydrogen-bond acceptors (Lipinski definition) is 4. The Balaban J connectivity index is 2.46. The molecule has 0 spiro atoms. The summed E-state index contributed by atoms with van der Waals surface area (Å²) >= 11 is 3.23. The quantitative estimate of drug-likeness (QED) is 0.492. The van der Waals surface area contributed by atoms with E-state index in [4.69, 9.17) is 10.5 Å². The van der Waals surface area contributed by atoms with Crippen molar-refractivity contribution in [3.05, 3.63) is 28.2 Å². The number of ether oxygens (including phenoxy) is 1. The predicted molar refractivity (Wildman–Crippen MR) is 72.1 cm³/mol. The first kappa shape index (κ1) is 14.5. The second-order valence-electron chi connectivity index (χ2n) is 3.62. The number of nitrogen functional groups attached to an aromatic ring is 1. The molecule has 0 fully saturated rings. The Morgan fingerprint density at radius 1 is 1.44 bits per heavy atom. The van der Waals surface area contributed by atoms with Gasteiger partial charge in [-0.1, -0.05) is 6.07 Å². The number of hydrogen-bond donors (Lipinski definition) is 2. The summed E-state index contributed by atoms with van der Waals surface area (Å²) in [6.07, 6.45) is 0.827. The van der Waals surface area contributed by atoms with Crippen molar-refractivity contribution in [2.24, 2.45) is 0 Å². The maximum atomic E-state index is 11.7. The van der Waals surface area contributed by atoms with Crippen LogP contribution < -0.4 is 11.1 Å². The van der Waals surface area contributed by atoms with Crippen LogP contribution in [-0.4, -0.2) is 25.5 Å². The maximum Gasteiger partial charge on any atom is 0.339 e. The summed E-state index contributed by atoms with van der Waals surface area (Å²) in [4.78, 5) is 22.7. The van der Waals surface area contributed by atoms with E-state index < -0.39 is 5.97 Å². The Bertz CT molecular complexity index is 449. The molecule has 5 nitrogen and oxygen atoms in total. The van der Waals surface area contributed by atoms with Crippen molar-refractivity contribution in [1.29, 1.82) is 0 Å². The Hall–Kier alpha value is -1.56. The molecule has 0 aliphatic heterocycles. The fourth-order valence-corrected chi connectivity index (χ4v) is 1.73. The van der Waals surface area contributed by atoms with Gasteiger partial charge in [-0.25, -0.2) is 4.79 Å². The number of nitrogens with one attached hydrogen (secondary N) is 1. The van der Waals surface area contributed by atoms with Gasteiger partial charge in [-0.2, -0.15) is 0 Å².